The summed E-state index contributed by atoms with van der Waals surface area (Å²) >= 11 is 1.65. The normalized spacial score (nSPS) is 11.2. The van der Waals surface area contributed by atoms with Crippen molar-refractivity contribution in [2.24, 2.45) is 0 Å². The molecule has 1 heterocycles. The second kappa shape index (κ2) is 12.8. The first-order valence-corrected chi connectivity index (χ1v) is 7.50. The summed E-state index contributed by atoms with van der Waals surface area (Å²) in [6, 6.07) is 8.32. The van der Waals surface area contributed by atoms with Crippen LogP contribution in [0.3, 0.4) is 0 Å². The van der Waals surface area contributed by atoms with Crippen LogP contribution in [0.5, 0.6) is 0 Å². The van der Waals surface area contributed by atoms with E-state index in [-0.39, 0.29) is 0 Å². The highest BCUT2D eigenvalue weighted by Gasteiger charge is 2.00. The molecule has 1 aliphatic heterocycles. The average Bonchev–Trinajstić information content (AvgIpc) is 2.59. The van der Waals surface area contributed by atoms with Crippen LogP contribution in [-0.2, 0) is 19.2 Å². The minimum atomic E-state index is -1.26. The molecule has 9 nitrogen and oxygen atoms in total. The van der Waals surface area contributed by atoms with Gasteiger partial charge in [0.1, 0.15) is 0 Å². The highest BCUT2D eigenvalue weighted by molar-refractivity contribution is 7.97. The van der Waals surface area contributed by atoms with E-state index >= 15 is 0 Å². The van der Waals surface area contributed by atoms with Crippen molar-refractivity contribution in [1.82, 2.24) is 4.72 Å². The number of rotatable bonds is 4. The van der Waals surface area contributed by atoms with Crippen LogP contribution in [0.2, 0.25) is 0 Å². The number of hydrogen-bond donors (Lipinski definition) is 5. The third-order valence-corrected chi connectivity index (χ3v) is 3.00. The lowest BCUT2D eigenvalue weighted by molar-refractivity contribution is -0.134. The lowest BCUT2D eigenvalue weighted by atomic mass is 10.2. The van der Waals surface area contributed by atoms with Gasteiger partial charge in [0.05, 0.1) is 0 Å². The van der Waals surface area contributed by atoms with E-state index in [4.69, 9.17) is 20.4 Å². The highest BCUT2D eigenvalue weighted by atomic mass is 32.2. The fourth-order valence-electron chi connectivity index (χ4n) is 1.22. The number of nitrogens with one attached hydrogen (secondary N) is 1. The van der Waals surface area contributed by atoms with Crippen molar-refractivity contribution < 1.29 is 39.6 Å². The summed E-state index contributed by atoms with van der Waals surface area (Å²) in [6.07, 6.45) is 6.26. The Morgan fingerprint density at radius 1 is 0.769 bits per heavy atom. The van der Waals surface area contributed by atoms with Crippen LogP contribution in [-0.4, -0.2) is 44.3 Å². The van der Waals surface area contributed by atoms with Crippen LogP contribution in [0.4, 0.5) is 0 Å². The molecule has 0 amide bonds. The van der Waals surface area contributed by atoms with Gasteiger partial charge < -0.3 is 25.1 Å². The third-order valence-electron chi connectivity index (χ3n) is 2.16. The maximum atomic E-state index is 9.55. The fraction of sp³-hybridized carbons (Fsp3) is 0. The second-order valence-corrected chi connectivity index (χ2v) is 4.99. The maximum absolute atomic E-state index is 9.55. The highest BCUT2D eigenvalue weighted by Crippen LogP contribution is 2.23. The summed E-state index contributed by atoms with van der Waals surface area (Å²) in [5, 5.41) is 31.2. The van der Waals surface area contributed by atoms with Crippen LogP contribution >= 0.6 is 11.9 Å². The molecular weight excluding hydrogens is 366 g/mol. The molecule has 0 fully saturated rings. The minimum Gasteiger partial charge on any atom is -0.478 e. The van der Waals surface area contributed by atoms with Gasteiger partial charge in [0.15, 0.2) is 0 Å². The fourth-order valence-corrected chi connectivity index (χ4v) is 1.88. The predicted molar refractivity (Wildman–Crippen MR) is 93.3 cm³/mol. The molecule has 0 saturated carbocycles. The van der Waals surface area contributed by atoms with E-state index in [0.717, 1.165) is 0 Å². The first-order chi connectivity index (χ1) is 12.2. The summed E-state index contributed by atoms with van der Waals surface area (Å²) in [5.74, 6) is -5.03. The summed E-state index contributed by atoms with van der Waals surface area (Å²) in [6.45, 7) is 0. The molecular formula is C16H15NO8S. The number of fused-ring (bicyclic) bond motifs is 1. The molecule has 2 rings (SSSR count). The molecule has 0 saturated heterocycles. The van der Waals surface area contributed by atoms with Crippen molar-refractivity contribution in [3.05, 3.63) is 60.3 Å². The number of carbonyl (C=O) groups is 4. The lowest BCUT2D eigenvalue weighted by Gasteiger charge is -2.08. The zero-order valence-electron chi connectivity index (χ0n) is 13.1. The van der Waals surface area contributed by atoms with Crippen molar-refractivity contribution in [2.75, 3.05) is 0 Å². The molecule has 26 heavy (non-hydrogen) atoms. The van der Waals surface area contributed by atoms with Crippen LogP contribution in [0.1, 0.15) is 5.56 Å². The maximum Gasteiger partial charge on any atom is 0.328 e. The molecule has 10 heteroatoms. The van der Waals surface area contributed by atoms with Crippen molar-refractivity contribution in [3.8, 4) is 0 Å². The number of aliphatic carboxylic acids is 4. The summed E-state index contributed by atoms with van der Waals surface area (Å²) < 4.78 is 3.08. The monoisotopic (exact) mass is 381 g/mol. The molecule has 5 N–H and O–H groups in total. The molecule has 1 aliphatic rings. The summed E-state index contributed by atoms with van der Waals surface area (Å²) in [4.78, 5) is 39.5. The molecule has 0 unspecified atom stereocenters. The van der Waals surface area contributed by atoms with Crippen LogP contribution in [0, 0.1) is 0 Å². The minimum absolute atomic E-state index is 0.558. The van der Waals surface area contributed by atoms with Gasteiger partial charge in [0.25, 0.3) is 0 Å². The van der Waals surface area contributed by atoms with E-state index in [1.165, 1.54) is 10.5 Å². The topological polar surface area (TPSA) is 161 Å². The van der Waals surface area contributed by atoms with E-state index in [0.29, 0.717) is 24.3 Å². The van der Waals surface area contributed by atoms with Crippen molar-refractivity contribution in [3.63, 3.8) is 0 Å². The van der Waals surface area contributed by atoms with Crippen molar-refractivity contribution in [1.29, 1.82) is 0 Å². The summed E-state index contributed by atoms with van der Waals surface area (Å²) in [5.41, 5.74) is 1.30. The van der Waals surface area contributed by atoms with E-state index < -0.39 is 23.9 Å². The Kier molecular flexibility index (Phi) is 11.1. The standard InChI is InChI=1S/C8H7NS.2C4H4O4/c1-2-4-8-7(3-1)5-6-9-10-8;2*5-3(6)1-2-4(7)8/h1-6,9H;2*1-2H,(H,5,6)(H,7,8)/b;2*2-1+. The zero-order valence-corrected chi connectivity index (χ0v) is 13.9. The average molecular weight is 381 g/mol. The number of carboxylic acid groups (broad SMARTS) is 4. The number of carboxylic acids is 4. The molecule has 0 radical (unpaired) electrons. The number of hydrogen-bond acceptors (Lipinski definition) is 6. The van der Waals surface area contributed by atoms with Crippen molar-refractivity contribution in [2.45, 2.75) is 4.90 Å². The van der Waals surface area contributed by atoms with Gasteiger partial charge in [-0.25, -0.2) is 19.2 Å². The molecule has 0 aromatic heterocycles. The van der Waals surface area contributed by atoms with E-state index in [2.05, 4.69) is 29.0 Å². The Morgan fingerprint density at radius 2 is 1.19 bits per heavy atom. The first kappa shape index (κ1) is 22.5. The molecule has 0 aliphatic carbocycles. The van der Waals surface area contributed by atoms with Crippen LogP contribution < -0.4 is 4.72 Å². The molecule has 1 aromatic rings. The molecule has 1 aromatic carbocycles. The van der Waals surface area contributed by atoms with Crippen LogP contribution in [0.15, 0.2) is 59.7 Å². The van der Waals surface area contributed by atoms with Crippen LogP contribution in [0.25, 0.3) is 6.08 Å². The van der Waals surface area contributed by atoms with Gasteiger partial charge in [-0.1, -0.05) is 18.2 Å². The van der Waals surface area contributed by atoms with E-state index in [1.54, 1.807) is 11.9 Å². The van der Waals surface area contributed by atoms with Gasteiger partial charge >= 0.3 is 23.9 Å². The molecule has 0 atom stereocenters. The zero-order chi connectivity index (χ0) is 19.9. The van der Waals surface area contributed by atoms with Gasteiger partial charge in [-0.3, -0.25) is 0 Å². The summed E-state index contributed by atoms with van der Waals surface area (Å²) in [7, 11) is 0. The smallest absolute Gasteiger partial charge is 0.328 e. The van der Waals surface area contributed by atoms with Gasteiger partial charge in [-0.05, 0) is 29.7 Å². The Labute approximate surface area is 152 Å². The third kappa shape index (κ3) is 13.0. The number of benzene rings is 1. The second-order valence-electron chi connectivity index (χ2n) is 4.11. The van der Waals surface area contributed by atoms with Gasteiger partial charge in [0, 0.05) is 35.4 Å². The lowest BCUT2D eigenvalue weighted by Crippen LogP contribution is -1.96. The molecule has 0 spiro atoms. The van der Waals surface area contributed by atoms with Gasteiger partial charge in [0.2, 0.25) is 0 Å². The molecule has 0 bridgehead atoms. The Bertz CT molecular complexity index is 674. The van der Waals surface area contributed by atoms with Gasteiger partial charge in [-0.15, -0.1) is 0 Å². The van der Waals surface area contributed by atoms with E-state index in [1.807, 2.05) is 12.3 Å². The Balaban J connectivity index is 0.000000366. The van der Waals surface area contributed by atoms with E-state index in [9.17, 15) is 19.2 Å². The Hall–Kier alpha value is -3.53. The quantitative estimate of drug-likeness (QED) is 0.383. The van der Waals surface area contributed by atoms with Gasteiger partial charge in [-0.2, -0.15) is 0 Å². The van der Waals surface area contributed by atoms with Crippen molar-refractivity contribution >= 4 is 41.9 Å². The Morgan fingerprint density at radius 3 is 1.58 bits per heavy atom. The molecule has 138 valence electrons. The SMILES string of the molecule is C1=Cc2ccccc2SN1.O=C(O)/C=C/C(=O)O.O=C(O)/C=C/C(=O)O. The largest absolute Gasteiger partial charge is 0.478 e. The first-order valence-electron chi connectivity index (χ1n) is 6.68. The predicted octanol–water partition coefficient (Wildman–Crippen LogP) is 1.69.